The van der Waals surface area contributed by atoms with E-state index in [4.69, 9.17) is 9.47 Å². The number of carbonyl (C=O) groups is 3. The van der Waals surface area contributed by atoms with Crippen molar-refractivity contribution >= 4 is 39.9 Å². The number of hydrogen-bond donors (Lipinski definition) is 1. The van der Waals surface area contributed by atoms with E-state index in [2.05, 4.69) is 16.5 Å². The van der Waals surface area contributed by atoms with Gasteiger partial charge in [-0.1, -0.05) is 30.1 Å². The molecule has 36 heavy (non-hydrogen) atoms. The zero-order chi connectivity index (χ0) is 25.8. The molecule has 0 spiro atoms. The van der Waals surface area contributed by atoms with Gasteiger partial charge in [0.15, 0.2) is 5.13 Å². The number of Topliss-reactive ketones (excluding diaryl/α,β-unsaturated/α-hetero) is 1. The van der Waals surface area contributed by atoms with E-state index in [1.165, 1.54) is 11.1 Å². The Kier molecular flexibility index (Phi) is 7.25. The van der Waals surface area contributed by atoms with Crippen molar-refractivity contribution in [2.24, 2.45) is 0 Å². The third-order valence-electron chi connectivity index (χ3n) is 5.39. The summed E-state index contributed by atoms with van der Waals surface area (Å²) in [5, 5.41) is 11.3. The van der Waals surface area contributed by atoms with Crippen LogP contribution in [0.15, 0.2) is 67.0 Å². The van der Waals surface area contributed by atoms with Crippen molar-refractivity contribution in [3.8, 4) is 5.75 Å². The maximum Gasteiger partial charge on any atom is 0.350 e. The largest absolute Gasteiger partial charge is 0.507 e. The van der Waals surface area contributed by atoms with Crippen molar-refractivity contribution in [3.05, 3.63) is 88.7 Å². The highest BCUT2D eigenvalue weighted by Crippen LogP contribution is 2.43. The molecule has 1 aliphatic heterocycles. The Hall–Kier alpha value is -4.31. The van der Waals surface area contributed by atoms with Crippen LogP contribution >= 0.6 is 11.3 Å². The molecule has 0 radical (unpaired) electrons. The summed E-state index contributed by atoms with van der Waals surface area (Å²) in [6.45, 7) is 7.42. The fraction of sp³-hybridized carbons (Fsp3) is 0.192. The number of hydrogen-bond acceptors (Lipinski definition) is 9. The predicted molar refractivity (Wildman–Crippen MR) is 134 cm³/mol. The average molecular weight is 506 g/mol. The van der Waals surface area contributed by atoms with Gasteiger partial charge >= 0.3 is 11.9 Å². The topological polar surface area (TPSA) is 119 Å². The summed E-state index contributed by atoms with van der Waals surface area (Å²) < 4.78 is 10.6. The van der Waals surface area contributed by atoms with E-state index in [-0.39, 0.29) is 27.9 Å². The highest BCUT2D eigenvalue weighted by atomic mass is 32.1. The molecule has 3 aromatic rings. The summed E-state index contributed by atoms with van der Waals surface area (Å²) >= 11 is 0.946. The van der Waals surface area contributed by atoms with E-state index >= 15 is 0 Å². The normalized spacial score (nSPS) is 16.7. The molecule has 9 nitrogen and oxygen atoms in total. The molecule has 0 saturated carbocycles. The third kappa shape index (κ3) is 4.63. The molecule has 1 aliphatic rings. The van der Waals surface area contributed by atoms with E-state index < -0.39 is 23.7 Å². The number of ketones is 1. The second-order valence-corrected chi connectivity index (χ2v) is 8.69. The molecule has 0 unspecified atom stereocenters. The first kappa shape index (κ1) is 24.8. The van der Waals surface area contributed by atoms with Gasteiger partial charge in [0.05, 0.1) is 23.9 Å². The number of aliphatic hydroxyl groups is 1. The number of nitrogens with zero attached hydrogens (tertiary/aromatic N) is 3. The summed E-state index contributed by atoms with van der Waals surface area (Å²) in [7, 11) is 0. The number of anilines is 1. The van der Waals surface area contributed by atoms with Crippen molar-refractivity contribution < 1.29 is 29.0 Å². The van der Waals surface area contributed by atoms with E-state index in [0.717, 1.165) is 11.3 Å². The Labute approximate surface area is 211 Å². The molecule has 1 aromatic carbocycles. The zero-order valence-corrected chi connectivity index (χ0v) is 20.4. The molecule has 184 valence electrons. The van der Waals surface area contributed by atoms with E-state index in [1.54, 1.807) is 62.5 Å². The molecule has 1 amide bonds. The fourth-order valence-corrected chi connectivity index (χ4v) is 4.76. The molecule has 1 N–H and O–H groups in total. The van der Waals surface area contributed by atoms with Crippen molar-refractivity contribution in [2.75, 3.05) is 18.1 Å². The van der Waals surface area contributed by atoms with Crippen LogP contribution in [0.1, 0.15) is 39.5 Å². The lowest BCUT2D eigenvalue weighted by Gasteiger charge is -2.22. The number of amides is 1. The molecule has 0 bridgehead atoms. The molecule has 0 aliphatic carbocycles. The summed E-state index contributed by atoms with van der Waals surface area (Å²) in [6, 6.07) is 8.83. The van der Waals surface area contributed by atoms with Crippen molar-refractivity contribution in [1.29, 1.82) is 0 Å². The number of pyridine rings is 1. The number of rotatable bonds is 8. The van der Waals surface area contributed by atoms with Crippen molar-refractivity contribution in [1.82, 2.24) is 9.97 Å². The Morgan fingerprint density at radius 3 is 2.64 bits per heavy atom. The number of aromatic nitrogens is 2. The second-order valence-electron chi connectivity index (χ2n) is 7.71. The minimum absolute atomic E-state index is 0.113. The molecular weight excluding hydrogens is 482 g/mol. The molecule has 4 rings (SSSR count). The molecule has 2 aromatic heterocycles. The number of thiazole rings is 1. The third-order valence-corrected chi connectivity index (χ3v) is 6.53. The van der Waals surface area contributed by atoms with Crippen LogP contribution in [0.4, 0.5) is 5.13 Å². The number of aliphatic hydroxyl groups excluding tert-OH is 1. The molecule has 3 heterocycles. The van der Waals surface area contributed by atoms with Crippen LogP contribution in [-0.2, 0) is 14.3 Å². The Balaban J connectivity index is 1.83. The number of benzene rings is 1. The van der Waals surface area contributed by atoms with Gasteiger partial charge < -0.3 is 14.6 Å². The lowest BCUT2D eigenvalue weighted by atomic mass is 9.96. The molecule has 1 saturated heterocycles. The van der Waals surface area contributed by atoms with Gasteiger partial charge in [0.2, 0.25) is 0 Å². The summed E-state index contributed by atoms with van der Waals surface area (Å²) in [5.74, 6) is -2.11. The van der Waals surface area contributed by atoms with Gasteiger partial charge in [-0.25, -0.2) is 9.78 Å². The van der Waals surface area contributed by atoms with Gasteiger partial charge in [0, 0.05) is 18.0 Å². The van der Waals surface area contributed by atoms with Crippen LogP contribution in [0.25, 0.3) is 5.76 Å². The van der Waals surface area contributed by atoms with Crippen LogP contribution in [0.5, 0.6) is 5.75 Å². The minimum Gasteiger partial charge on any atom is -0.507 e. The highest BCUT2D eigenvalue weighted by molar-refractivity contribution is 7.17. The second kappa shape index (κ2) is 10.5. The van der Waals surface area contributed by atoms with E-state index in [9.17, 15) is 19.5 Å². The predicted octanol–water partition coefficient (Wildman–Crippen LogP) is 4.21. The van der Waals surface area contributed by atoms with E-state index in [1.807, 2.05) is 0 Å². The summed E-state index contributed by atoms with van der Waals surface area (Å²) in [6.07, 6.45) is 4.68. The first-order chi connectivity index (χ1) is 17.4. The van der Waals surface area contributed by atoms with Crippen molar-refractivity contribution in [3.63, 3.8) is 0 Å². The van der Waals surface area contributed by atoms with Crippen molar-refractivity contribution in [2.45, 2.75) is 19.9 Å². The van der Waals surface area contributed by atoms with Crippen LogP contribution in [0.3, 0.4) is 0 Å². The number of ether oxygens (including phenoxy) is 2. The van der Waals surface area contributed by atoms with Gasteiger partial charge in [0.25, 0.3) is 5.78 Å². The van der Waals surface area contributed by atoms with E-state index in [0.29, 0.717) is 29.2 Å². The quantitative estimate of drug-likeness (QED) is 0.159. The average Bonchev–Trinajstić information content (AvgIpc) is 3.40. The Morgan fingerprint density at radius 2 is 2.00 bits per heavy atom. The maximum atomic E-state index is 13.3. The standard InChI is InChI=1S/C26H23N3O6S/c1-4-13-35-18-10-8-16(9-11-18)21(30)19-20(17-7-6-12-27-14-17)29(24(32)22(19)31)26-28-15(3)23(36-26)25(33)34-5-2/h4,6-12,14,20,30H,1,5,13H2,2-3H3/t20-/m0/s1. The van der Waals surface area contributed by atoms with Crippen LogP contribution in [-0.4, -0.2) is 45.9 Å². The summed E-state index contributed by atoms with van der Waals surface area (Å²) in [4.78, 5) is 48.8. The maximum absolute atomic E-state index is 13.3. The lowest BCUT2D eigenvalue weighted by molar-refractivity contribution is -0.132. The Bertz CT molecular complexity index is 1350. The molecule has 1 fully saturated rings. The van der Waals surface area contributed by atoms with Gasteiger partial charge in [-0.2, -0.15) is 0 Å². The molecule has 1 atom stereocenters. The minimum atomic E-state index is -1.00. The fourth-order valence-electron chi connectivity index (χ4n) is 3.77. The number of esters is 1. The first-order valence-electron chi connectivity index (χ1n) is 11.1. The van der Waals surface area contributed by atoms with Crippen LogP contribution < -0.4 is 9.64 Å². The highest BCUT2D eigenvalue weighted by Gasteiger charge is 2.48. The lowest BCUT2D eigenvalue weighted by Crippen LogP contribution is -2.29. The van der Waals surface area contributed by atoms with Gasteiger partial charge in [-0.3, -0.25) is 19.5 Å². The first-order valence-corrected chi connectivity index (χ1v) is 11.9. The Morgan fingerprint density at radius 1 is 1.25 bits per heavy atom. The van der Waals surface area contributed by atoms with Crippen LogP contribution in [0, 0.1) is 6.92 Å². The van der Waals surface area contributed by atoms with Gasteiger partial charge in [0.1, 0.15) is 23.0 Å². The monoisotopic (exact) mass is 505 g/mol. The molecular formula is C26H23N3O6S. The zero-order valence-electron chi connectivity index (χ0n) is 19.6. The number of carbonyl (C=O) groups excluding carboxylic acids is 3. The van der Waals surface area contributed by atoms with Gasteiger partial charge in [-0.05, 0) is 49.7 Å². The van der Waals surface area contributed by atoms with Crippen LogP contribution in [0.2, 0.25) is 0 Å². The smallest absolute Gasteiger partial charge is 0.350 e. The van der Waals surface area contributed by atoms with Gasteiger partial charge in [-0.15, -0.1) is 0 Å². The molecule has 10 heteroatoms. The SMILES string of the molecule is C=CCOc1ccc(C(O)=C2C(=O)C(=O)N(c3nc(C)c(C(=O)OCC)s3)[C@H]2c2cccnc2)cc1. The summed E-state index contributed by atoms with van der Waals surface area (Å²) in [5.41, 5.74) is 1.08. The number of aryl methyl sites for hydroxylation is 1.